The van der Waals surface area contributed by atoms with Crippen molar-refractivity contribution in [2.45, 2.75) is 38.6 Å². The molecule has 31 heavy (non-hydrogen) atoms. The van der Waals surface area contributed by atoms with Crippen molar-refractivity contribution in [2.24, 2.45) is 0 Å². The Bertz CT molecular complexity index is 861. The van der Waals surface area contributed by atoms with Crippen LogP contribution in [0, 0.1) is 0 Å². The SMILES string of the molecule is CSCC[C@H](NC(=O)c1cc[n+](COC(=O)N[C@@H](C)Cc2ccccc2)cc1)C(=O)O. The average Bonchev–Trinajstić information content (AvgIpc) is 2.75. The number of carbonyl (C=O) groups is 3. The molecule has 0 aliphatic carbocycles. The molecule has 0 aliphatic rings. The number of benzene rings is 1. The average molecular weight is 447 g/mol. The molecule has 2 atom stereocenters. The summed E-state index contributed by atoms with van der Waals surface area (Å²) < 4.78 is 6.81. The number of ether oxygens (including phenoxy) is 1. The first-order valence-corrected chi connectivity index (χ1v) is 11.3. The molecule has 1 aromatic heterocycles. The molecule has 8 nitrogen and oxygen atoms in total. The fraction of sp³-hybridized carbons (Fsp3) is 0.364. The minimum atomic E-state index is -1.06. The van der Waals surface area contributed by atoms with E-state index < -0.39 is 24.0 Å². The summed E-state index contributed by atoms with van der Waals surface area (Å²) in [6.07, 6.45) is 5.57. The van der Waals surface area contributed by atoms with E-state index in [0.717, 1.165) is 5.56 Å². The molecule has 0 fully saturated rings. The van der Waals surface area contributed by atoms with Crippen LogP contribution in [-0.2, 0) is 22.7 Å². The Balaban J connectivity index is 1.80. The fourth-order valence-electron chi connectivity index (χ4n) is 2.82. The van der Waals surface area contributed by atoms with Crippen LogP contribution in [0.2, 0.25) is 0 Å². The predicted molar refractivity (Wildman–Crippen MR) is 118 cm³/mol. The molecule has 2 amide bonds. The van der Waals surface area contributed by atoms with E-state index >= 15 is 0 Å². The van der Waals surface area contributed by atoms with E-state index in [1.165, 1.54) is 11.8 Å². The van der Waals surface area contributed by atoms with Gasteiger partial charge in [0.1, 0.15) is 6.04 Å². The number of aromatic nitrogens is 1. The summed E-state index contributed by atoms with van der Waals surface area (Å²) in [5, 5.41) is 14.5. The van der Waals surface area contributed by atoms with Gasteiger partial charge in [-0.05, 0) is 37.3 Å². The number of thioether (sulfide) groups is 1. The van der Waals surface area contributed by atoms with Crippen LogP contribution in [0.4, 0.5) is 4.79 Å². The molecular formula is C22H28N3O5S+. The summed E-state index contributed by atoms with van der Waals surface area (Å²) in [5.74, 6) is -0.890. The molecule has 1 heterocycles. The van der Waals surface area contributed by atoms with Crippen molar-refractivity contribution in [3.05, 3.63) is 66.0 Å². The molecule has 1 aromatic carbocycles. The Labute approximate surface area is 186 Å². The summed E-state index contributed by atoms with van der Waals surface area (Å²) in [4.78, 5) is 35.6. The normalized spacial score (nSPS) is 12.5. The van der Waals surface area contributed by atoms with Crippen LogP contribution in [0.3, 0.4) is 0 Å². The van der Waals surface area contributed by atoms with E-state index in [2.05, 4.69) is 10.6 Å². The Morgan fingerprint density at radius 2 is 1.77 bits per heavy atom. The highest BCUT2D eigenvalue weighted by atomic mass is 32.2. The summed E-state index contributed by atoms with van der Waals surface area (Å²) >= 11 is 1.52. The zero-order valence-corrected chi connectivity index (χ0v) is 18.4. The monoisotopic (exact) mass is 446 g/mol. The minimum absolute atomic E-state index is 0.0166. The molecule has 9 heteroatoms. The van der Waals surface area contributed by atoms with Gasteiger partial charge in [0.25, 0.3) is 12.6 Å². The Morgan fingerprint density at radius 3 is 2.39 bits per heavy atom. The van der Waals surface area contributed by atoms with Gasteiger partial charge in [0.2, 0.25) is 0 Å². The van der Waals surface area contributed by atoms with E-state index in [9.17, 15) is 19.5 Å². The molecular weight excluding hydrogens is 418 g/mol. The summed E-state index contributed by atoms with van der Waals surface area (Å²) in [6.45, 7) is 1.88. The van der Waals surface area contributed by atoms with Crippen molar-refractivity contribution in [1.29, 1.82) is 0 Å². The van der Waals surface area contributed by atoms with Gasteiger partial charge in [-0.2, -0.15) is 16.3 Å². The molecule has 3 N–H and O–H groups in total. The zero-order valence-electron chi connectivity index (χ0n) is 17.6. The second-order valence-electron chi connectivity index (χ2n) is 7.04. The third-order valence-corrected chi connectivity index (χ3v) is 5.11. The number of nitrogens with zero attached hydrogens (tertiary/aromatic N) is 1. The van der Waals surface area contributed by atoms with Gasteiger partial charge < -0.3 is 20.5 Å². The van der Waals surface area contributed by atoms with Crippen molar-refractivity contribution < 1.29 is 28.8 Å². The van der Waals surface area contributed by atoms with E-state index in [4.69, 9.17) is 4.74 Å². The van der Waals surface area contributed by atoms with Crippen molar-refractivity contribution in [2.75, 3.05) is 12.0 Å². The lowest BCUT2D eigenvalue weighted by atomic mass is 10.1. The van der Waals surface area contributed by atoms with Crippen molar-refractivity contribution in [3.8, 4) is 0 Å². The first-order chi connectivity index (χ1) is 14.9. The Morgan fingerprint density at radius 1 is 1.10 bits per heavy atom. The van der Waals surface area contributed by atoms with Crippen LogP contribution in [0.15, 0.2) is 54.9 Å². The summed E-state index contributed by atoms with van der Waals surface area (Å²) in [6, 6.07) is 11.9. The molecule has 2 aromatic rings. The number of carboxylic acids is 1. The minimum Gasteiger partial charge on any atom is -0.480 e. The first-order valence-electron chi connectivity index (χ1n) is 9.88. The van der Waals surface area contributed by atoms with Crippen LogP contribution in [-0.4, -0.2) is 47.2 Å². The highest BCUT2D eigenvalue weighted by Crippen LogP contribution is 2.04. The zero-order chi connectivity index (χ0) is 22.6. The number of amides is 2. The maximum Gasteiger partial charge on any atom is 0.412 e. The van der Waals surface area contributed by atoms with Crippen molar-refractivity contribution >= 4 is 29.7 Å². The fourth-order valence-corrected chi connectivity index (χ4v) is 3.30. The quantitative estimate of drug-likeness (QED) is 0.457. The molecule has 0 radical (unpaired) electrons. The Kier molecular flexibility index (Phi) is 9.83. The molecule has 166 valence electrons. The largest absolute Gasteiger partial charge is 0.480 e. The molecule has 0 saturated carbocycles. The van der Waals surface area contributed by atoms with Crippen LogP contribution < -0.4 is 15.2 Å². The molecule has 0 aliphatic heterocycles. The highest BCUT2D eigenvalue weighted by molar-refractivity contribution is 7.98. The van der Waals surface area contributed by atoms with Crippen molar-refractivity contribution in [1.82, 2.24) is 10.6 Å². The van der Waals surface area contributed by atoms with E-state index in [-0.39, 0.29) is 12.8 Å². The van der Waals surface area contributed by atoms with E-state index in [1.807, 2.05) is 43.5 Å². The number of hydrogen-bond acceptors (Lipinski definition) is 5. The molecule has 0 spiro atoms. The smallest absolute Gasteiger partial charge is 0.412 e. The molecule has 2 rings (SSSR count). The third-order valence-electron chi connectivity index (χ3n) is 4.46. The van der Waals surface area contributed by atoms with Crippen molar-refractivity contribution in [3.63, 3.8) is 0 Å². The maximum absolute atomic E-state index is 12.3. The van der Waals surface area contributed by atoms with Crippen LogP contribution >= 0.6 is 11.8 Å². The van der Waals surface area contributed by atoms with E-state index in [0.29, 0.717) is 24.2 Å². The third kappa shape index (κ3) is 8.67. The van der Waals surface area contributed by atoms with Crippen LogP contribution in [0.1, 0.15) is 29.3 Å². The summed E-state index contributed by atoms with van der Waals surface area (Å²) in [7, 11) is 0. The van der Waals surface area contributed by atoms with Crippen LogP contribution in [0.25, 0.3) is 0 Å². The number of rotatable bonds is 11. The summed E-state index contributed by atoms with van der Waals surface area (Å²) in [5.41, 5.74) is 1.45. The second-order valence-corrected chi connectivity index (χ2v) is 8.03. The van der Waals surface area contributed by atoms with Gasteiger partial charge in [0.15, 0.2) is 12.4 Å². The molecule has 0 bridgehead atoms. The van der Waals surface area contributed by atoms with Gasteiger partial charge in [0.05, 0.1) is 5.56 Å². The molecule has 0 saturated heterocycles. The Hall–Kier alpha value is -3.07. The van der Waals surface area contributed by atoms with Gasteiger partial charge in [-0.3, -0.25) is 4.79 Å². The van der Waals surface area contributed by atoms with Gasteiger partial charge in [0, 0.05) is 18.2 Å². The lowest BCUT2D eigenvalue weighted by molar-refractivity contribution is -0.727. The van der Waals surface area contributed by atoms with Gasteiger partial charge in [-0.1, -0.05) is 30.3 Å². The standard InChI is InChI=1S/C22H27N3O5S/c1-16(14-17-6-4-3-5-7-17)23-22(29)30-15-25-11-8-18(9-12-25)20(26)24-19(21(27)28)10-13-31-2/h3-9,11-12,16,19H,10,13-15H2,1-2H3,(H2-,23,24,26,27,28,29)/p+1/t16-,19-/m0/s1. The topological polar surface area (TPSA) is 109 Å². The van der Waals surface area contributed by atoms with Crippen LogP contribution in [0.5, 0.6) is 0 Å². The number of alkyl carbamates (subject to hydrolysis) is 1. The van der Waals surface area contributed by atoms with Gasteiger partial charge in [-0.15, -0.1) is 0 Å². The van der Waals surface area contributed by atoms with Gasteiger partial charge >= 0.3 is 12.1 Å². The maximum atomic E-state index is 12.3. The lowest BCUT2D eigenvalue weighted by Crippen LogP contribution is -2.42. The van der Waals surface area contributed by atoms with Gasteiger partial charge in [-0.25, -0.2) is 9.59 Å². The number of carbonyl (C=O) groups excluding carboxylic acids is 2. The van der Waals surface area contributed by atoms with E-state index in [1.54, 1.807) is 29.1 Å². The lowest BCUT2D eigenvalue weighted by Gasteiger charge is -2.14. The number of hydrogen-bond donors (Lipinski definition) is 3. The first kappa shape index (κ1) is 24.2. The number of pyridine rings is 1. The predicted octanol–water partition coefficient (Wildman–Crippen LogP) is 2.23. The second kappa shape index (κ2) is 12.6. The molecule has 0 unspecified atom stereocenters. The number of carboxylic acid groups (broad SMARTS) is 1. The number of aliphatic carboxylic acids is 1. The number of nitrogens with one attached hydrogen (secondary N) is 2. The highest BCUT2D eigenvalue weighted by Gasteiger charge is 2.20.